The van der Waals surface area contributed by atoms with E-state index in [-0.39, 0.29) is 18.3 Å². The van der Waals surface area contributed by atoms with Crippen molar-refractivity contribution in [1.29, 1.82) is 0 Å². The van der Waals surface area contributed by atoms with E-state index in [0.29, 0.717) is 32.4 Å². The maximum Gasteiger partial charge on any atom is 0.410 e. The van der Waals surface area contributed by atoms with Gasteiger partial charge in [0.05, 0.1) is 0 Å². The molecule has 1 fully saturated rings. The molecule has 0 atom stereocenters. The molecule has 25 heavy (non-hydrogen) atoms. The third-order valence-electron chi connectivity index (χ3n) is 4.83. The normalized spacial score (nSPS) is 18.8. The van der Waals surface area contributed by atoms with Gasteiger partial charge in [-0.2, -0.15) is 0 Å². The molecule has 2 heterocycles. The first-order valence-corrected chi connectivity index (χ1v) is 8.65. The molecule has 0 radical (unpaired) electrons. The second-order valence-electron chi connectivity index (χ2n) is 7.69. The number of hydrogen-bond acceptors (Lipinski definition) is 5. The second kappa shape index (κ2) is 6.58. The number of aldehydes is 1. The van der Waals surface area contributed by atoms with Crippen molar-refractivity contribution in [2.45, 2.75) is 51.0 Å². The Balaban J connectivity index is 1.75. The number of piperidine rings is 1. The van der Waals surface area contributed by atoms with Gasteiger partial charge in [-0.05, 0) is 51.3 Å². The van der Waals surface area contributed by atoms with Crippen LogP contribution in [0.4, 0.5) is 4.79 Å². The molecule has 136 valence electrons. The maximum atomic E-state index is 12.3. The fourth-order valence-electron chi connectivity index (χ4n) is 3.44. The van der Waals surface area contributed by atoms with E-state index in [0.717, 1.165) is 23.3 Å². The summed E-state index contributed by atoms with van der Waals surface area (Å²) in [5, 5.41) is 0. The molecule has 2 aliphatic rings. The largest absolute Gasteiger partial charge is 0.454 e. The summed E-state index contributed by atoms with van der Waals surface area (Å²) >= 11 is 0. The van der Waals surface area contributed by atoms with Gasteiger partial charge < -0.3 is 23.9 Å². The van der Waals surface area contributed by atoms with Gasteiger partial charge in [-0.1, -0.05) is 6.07 Å². The van der Waals surface area contributed by atoms with E-state index in [9.17, 15) is 9.59 Å². The van der Waals surface area contributed by atoms with Crippen molar-refractivity contribution < 1.29 is 23.8 Å². The number of carbonyl (C=O) groups is 2. The molecule has 2 aliphatic heterocycles. The third-order valence-corrected chi connectivity index (χ3v) is 4.83. The lowest BCUT2D eigenvalue weighted by Gasteiger charge is -2.41. The Morgan fingerprint density at radius 2 is 1.92 bits per heavy atom. The zero-order valence-electron chi connectivity index (χ0n) is 15.0. The Labute approximate surface area is 148 Å². The third kappa shape index (κ3) is 3.72. The number of rotatable bonds is 3. The molecule has 0 bridgehead atoms. The number of likely N-dealkylation sites (tertiary alicyclic amines) is 1. The molecule has 0 unspecified atom stereocenters. The van der Waals surface area contributed by atoms with Crippen molar-refractivity contribution in [3.8, 4) is 11.5 Å². The summed E-state index contributed by atoms with van der Waals surface area (Å²) in [5.74, 6) is 1.45. The van der Waals surface area contributed by atoms with Crippen LogP contribution in [0.2, 0.25) is 0 Å². The first-order valence-electron chi connectivity index (χ1n) is 8.65. The Morgan fingerprint density at radius 3 is 2.56 bits per heavy atom. The Hall–Kier alpha value is -2.24. The van der Waals surface area contributed by atoms with Crippen molar-refractivity contribution in [1.82, 2.24) is 4.90 Å². The highest BCUT2D eigenvalue weighted by atomic mass is 16.7. The summed E-state index contributed by atoms with van der Waals surface area (Å²) in [6.07, 6.45) is 2.52. The molecule has 1 aromatic carbocycles. The minimum absolute atomic E-state index is 0.228. The van der Waals surface area contributed by atoms with E-state index in [2.05, 4.69) is 0 Å². The molecule has 6 heteroatoms. The molecular formula is C19H25NO5. The van der Waals surface area contributed by atoms with E-state index in [1.807, 2.05) is 39.0 Å². The molecule has 0 N–H and O–H groups in total. The van der Waals surface area contributed by atoms with Crippen molar-refractivity contribution in [2.24, 2.45) is 0 Å². The maximum absolute atomic E-state index is 12.3. The van der Waals surface area contributed by atoms with Gasteiger partial charge >= 0.3 is 6.09 Å². The molecule has 3 rings (SSSR count). The Bertz CT molecular complexity index is 656. The molecule has 0 saturated carbocycles. The van der Waals surface area contributed by atoms with E-state index < -0.39 is 5.60 Å². The minimum atomic E-state index is -0.508. The van der Waals surface area contributed by atoms with E-state index >= 15 is 0 Å². The number of benzene rings is 1. The fourth-order valence-corrected chi connectivity index (χ4v) is 3.44. The molecule has 0 aromatic heterocycles. The zero-order valence-corrected chi connectivity index (χ0v) is 15.0. The topological polar surface area (TPSA) is 65.1 Å². The average molecular weight is 347 g/mol. The number of fused-ring (bicyclic) bond motifs is 1. The molecule has 0 spiro atoms. The SMILES string of the molecule is CC(C)(C)OC(=O)N1CCC(CC=O)(c2ccc3c(c2)OCO3)CC1. The fraction of sp³-hybridized carbons (Fsp3) is 0.579. The summed E-state index contributed by atoms with van der Waals surface area (Å²) in [5.41, 5.74) is 0.278. The monoisotopic (exact) mass is 347 g/mol. The average Bonchev–Trinajstić information content (AvgIpc) is 3.01. The lowest BCUT2D eigenvalue weighted by atomic mass is 9.71. The standard InChI is InChI=1S/C19H25NO5/c1-18(2,3)25-17(22)20-9-6-19(7-10-20,8-11-21)14-4-5-15-16(12-14)24-13-23-15/h4-5,11-12H,6-10,13H2,1-3H3. The van der Waals surface area contributed by atoms with Crippen LogP contribution in [0.1, 0.15) is 45.6 Å². The van der Waals surface area contributed by atoms with Crippen molar-refractivity contribution >= 4 is 12.4 Å². The van der Waals surface area contributed by atoms with Crippen LogP contribution in [0.15, 0.2) is 18.2 Å². The summed E-state index contributed by atoms with van der Waals surface area (Å²) in [7, 11) is 0. The van der Waals surface area contributed by atoms with E-state index in [1.54, 1.807) is 4.90 Å². The smallest absolute Gasteiger partial charge is 0.410 e. The summed E-state index contributed by atoms with van der Waals surface area (Å²) in [6, 6.07) is 5.86. The number of ether oxygens (including phenoxy) is 3. The summed E-state index contributed by atoms with van der Waals surface area (Å²) in [4.78, 5) is 25.3. The van der Waals surface area contributed by atoms with Gasteiger partial charge in [0, 0.05) is 24.9 Å². The van der Waals surface area contributed by atoms with Gasteiger partial charge in [-0.3, -0.25) is 0 Å². The molecule has 1 amide bonds. The summed E-state index contributed by atoms with van der Waals surface area (Å²) < 4.78 is 16.3. The molecule has 0 aliphatic carbocycles. The zero-order chi connectivity index (χ0) is 18.1. The van der Waals surface area contributed by atoms with Crippen molar-refractivity contribution in [3.05, 3.63) is 23.8 Å². The molecule has 6 nitrogen and oxygen atoms in total. The van der Waals surface area contributed by atoms with Crippen LogP contribution < -0.4 is 9.47 Å². The highest BCUT2D eigenvalue weighted by Gasteiger charge is 2.39. The van der Waals surface area contributed by atoms with E-state index in [4.69, 9.17) is 14.2 Å². The molecule has 1 saturated heterocycles. The predicted molar refractivity (Wildman–Crippen MR) is 92.0 cm³/mol. The van der Waals surface area contributed by atoms with Gasteiger partial charge in [0.25, 0.3) is 0 Å². The van der Waals surface area contributed by atoms with Gasteiger partial charge in [0.2, 0.25) is 6.79 Å². The van der Waals surface area contributed by atoms with Crippen molar-refractivity contribution in [2.75, 3.05) is 19.9 Å². The highest BCUT2D eigenvalue weighted by molar-refractivity contribution is 5.68. The quantitative estimate of drug-likeness (QED) is 0.785. The first kappa shape index (κ1) is 17.6. The number of amides is 1. The van der Waals surface area contributed by atoms with Crippen molar-refractivity contribution in [3.63, 3.8) is 0 Å². The van der Waals surface area contributed by atoms with Crippen LogP contribution in [0.3, 0.4) is 0 Å². The van der Waals surface area contributed by atoms with E-state index in [1.165, 1.54) is 0 Å². The van der Waals surface area contributed by atoms with Gasteiger partial charge in [0.1, 0.15) is 11.9 Å². The lowest BCUT2D eigenvalue weighted by molar-refractivity contribution is -0.109. The van der Waals surface area contributed by atoms with Gasteiger partial charge in [-0.15, -0.1) is 0 Å². The predicted octanol–water partition coefficient (Wildman–Crippen LogP) is 3.27. The van der Waals surface area contributed by atoms with Gasteiger partial charge in [-0.25, -0.2) is 4.79 Å². The Morgan fingerprint density at radius 1 is 1.24 bits per heavy atom. The van der Waals surface area contributed by atoms with Crippen LogP contribution in [-0.4, -0.2) is 42.8 Å². The van der Waals surface area contributed by atoms with Crippen LogP contribution in [0, 0.1) is 0 Å². The summed E-state index contributed by atoms with van der Waals surface area (Å²) in [6.45, 7) is 6.94. The van der Waals surface area contributed by atoms with Crippen LogP contribution in [0.25, 0.3) is 0 Å². The van der Waals surface area contributed by atoms with Gasteiger partial charge in [0.15, 0.2) is 11.5 Å². The number of nitrogens with zero attached hydrogens (tertiary/aromatic N) is 1. The first-order chi connectivity index (χ1) is 11.8. The molecule has 1 aromatic rings. The lowest BCUT2D eigenvalue weighted by Crippen LogP contribution is -2.47. The number of hydrogen-bond donors (Lipinski definition) is 0. The van der Waals surface area contributed by atoms with Crippen LogP contribution >= 0.6 is 0 Å². The van der Waals surface area contributed by atoms with Crippen LogP contribution in [-0.2, 0) is 14.9 Å². The highest BCUT2D eigenvalue weighted by Crippen LogP contribution is 2.42. The minimum Gasteiger partial charge on any atom is -0.454 e. The number of carbonyl (C=O) groups excluding carboxylic acids is 2. The molecular weight excluding hydrogens is 322 g/mol. The second-order valence-corrected chi connectivity index (χ2v) is 7.69. The van der Waals surface area contributed by atoms with Crippen LogP contribution in [0.5, 0.6) is 11.5 Å². The Kier molecular flexibility index (Phi) is 4.62.